The smallest absolute Gasteiger partial charge is 0.339 e. The number of ether oxygens (including phenoxy) is 1. The number of alkyl halides is 2. The second-order valence-electron chi connectivity index (χ2n) is 3.21. The number of nitriles is 1. The largest absolute Gasteiger partial charge is 0.462 e. The Morgan fingerprint density at radius 1 is 1.65 bits per heavy atom. The van der Waals surface area contributed by atoms with Gasteiger partial charge in [0.15, 0.2) is 0 Å². The van der Waals surface area contributed by atoms with E-state index in [0.29, 0.717) is 5.56 Å². The predicted octanol–water partition coefficient (Wildman–Crippen LogP) is 2.38. The molecule has 0 aliphatic rings. The maximum Gasteiger partial charge on any atom is 0.339 e. The molecule has 1 aromatic rings. The van der Waals surface area contributed by atoms with Crippen molar-refractivity contribution in [2.45, 2.75) is 20.3 Å². The average Bonchev–Trinajstić information content (AvgIpc) is 2.28. The minimum atomic E-state index is -2.90. The summed E-state index contributed by atoms with van der Waals surface area (Å²) in [7, 11) is 0. The SMILES string of the molecule is CCOC(=O)c1c(C)cnc(C(F)F)c1C#N. The lowest BCUT2D eigenvalue weighted by atomic mass is 10.0. The van der Waals surface area contributed by atoms with E-state index in [0.717, 1.165) is 6.20 Å². The fourth-order valence-corrected chi connectivity index (χ4v) is 1.37. The number of carbonyl (C=O) groups is 1. The summed E-state index contributed by atoms with van der Waals surface area (Å²) < 4.78 is 29.9. The maximum atomic E-state index is 12.6. The van der Waals surface area contributed by atoms with E-state index in [1.165, 1.54) is 6.92 Å². The number of hydrogen-bond donors (Lipinski definition) is 0. The molecule has 0 saturated heterocycles. The lowest BCUT2D eigenvalue weighted by Gasteiger charge is -2.10. The number of hydrogen-bond acceptors (Lipinski definition) is 4. The van der Waals surface area contributed by atoms with E-state index in [4.69, 9.17) is 10.00 Å². The normalized spacial score (nSPS) is 10.1. The molecule has 0 saturated carbocycles. The molecule has 0 spiro atoms. The van der Waals surface area contributed by atoms with Crippen molar-refractivity contribution < 1.29 is 18.3 Å². The van der Waals surface area contributed by atoms with E-state index < -0.39 is 23.7 Å². The van der Waals surface area contributed by atoms with Crippen LogP contribution in [0.15, 0.2) is 6.20 Å². The summed E-state index contributed by atoms with van der Waals surface area (Å²) in [6.07, 6.45) is -1.77. The third kappa shape index (κ3) is 2.56. The third-order valence-electron chi connectivity index (χ3n) is 2.10. The molecular weight excluding hydrogens is 230 g/mol. The summed E-state index contributed by atoms with van der Waals surface area (Å²) in [5, 5.41) is 8.86. The van der Waals surface area contributed by atoms with Crippen LogP contribution in [0.4, 0.5) is 8.78 Å². The quantitative estimate of drug-likeness (QED) is 0.761. The zero-order valence-corrected chi connectivity index (χ0v) is 9.33. The van der Waals surface area contributed by atoms with Gasteiger partial charge >= 0.3 is 5.97 Å². The minimum absolute atomic E-state index is 0.107. The van der Waals surface area contributed by atoms with Crippen molar-refractivity contribution in [2.75, 3.05) is 6.61 Å². The third-order valence-corrected chi connectivity index (χ3v) is 2.10. The summed E-state index contributed by atoms with van der Waals surface area (Å²) in [6.45, 7) is 3.21. The highest BCUT2D eigenvalue weighted by Gasteiger charge is 2.24. The van der Waals surface area contributed by atoms with Gasteiger partial charge in [0, 0.05) is 6.20 Å². The molecule has 17 heavy (non-hydrogen) atoms. The summed E-state index contributed by atoms with van der Waals surface area (Å²) in [5.74, 6) is -0.786. The van der Waals surface area contributed by atoms with Gasteiger partial charge < -0.3 is 4.74 Å². The number of halogens is 2. The number of carbonyl (C=O) groups excluding carboxylic acids is 1. The molecule has 4 nitrogen and oxygen atoms in total. The molecule has 0 aromatic carbocycles. The van der Waals surface area contributed by atoms with Crippen LogP contribution in [0.1, 0.15) is 40.5 Å². The summed E-state index contributed by atoms with van der Waals surface area (Å²) in [4.78, 5) is 15.0. The molecule has 1 rings (SSSR count). The van der Waals surface area contributed by atoms with Crippen molar-refractivity contribution in [3.63, 3.8) is 0 Å². The summed E-state index contributed by atoms with van der Waals surface area (Å²) in [6, 6.07) is 1.58. The van der Waals surface area contributed by atoms with Crippen LogP contribution < -0.4 is 0 Å². The predicted molar refractivity (Wildman–Crippen MR) is 54.6 cm³/mol. The monoisotopic (exact) mass is 240 g/mol. The Morgan fingerprint density at radius 3 is 2.76 bits per heavy atom. The molecule has 0 amide bonds. The van der Waals surface area contributed by atoms with Crippen molar-refractivity contribution in [3.8, 4) is 6.07 Å². The van der Waals surface area contributed by atoms with Crippen molar-refractivity contribution in [2.24, 2.45) is 0 Å². The van der Waals surface area contributed by atoms with Crippen LogP contribution in [0.3, 0.4) is 0 Å². The topological polar surface area (TPSA) is 63.0 Å². The molecule has 90 valence electrons. The number of rotatable bonds is 3. The summed E-state index contributed by atoms with van der Waals surface area (Å²) in [5.41, 5.74) is -0.913. The van der Waals surface area contributed by atoms with Crippen LogP contribution in [-0.4, -0.2) is 17.6 Å². The molecule has 0 N–H and O–H groups in total. The highest BCUT2D eigenvalue weighted by Crippen LogP contribution is 2.25. The van der Waals surface area contributed by atoms with Crippen LogP contribution in [-0.2, 0) is 4.74 Å². The van der Waals surface area contributed by atoms with Gasteiger partial charge in [0.25, 0.3) is 6.43 Å². The molecule has 0 atom stereocenters. The Morgan fingerprint density at radius 2 is 2.29 bits per heavy atom. The van der Waals surface area contributed by atoms with Crippen LogP contribution in [0.2, 0.25) is 0 Å². The Kier molecular flexibility index (Phi) is 4.10. The van der Waals surface area contributed by atoms with Gasteiger partial charge in [-0.3, -0.25) is 4.98 Å². The molecule has 0 aliphatic carbocycles. The summed E-state index contributed by atoms with van der Waals surface area (Å²) >= 11 is 0. The van der Waals surface area contributed by atoms with E-state index in [9.17, 15) is 13.6 Å². The molecule has 0 radical (unpaired) electrons. The fraction of sp³-hybridized carbons (Fsp3) is 0.364. The van der Waals surface area contributed by atoms with E-state index in [2.05, 4.69) is 4.98 Å². The standard InChI is InChI=1S/C11H10F2N2O2/c1-3-17-11(16)8-6(2)5-15-9(10(12)13)7(8)4-14/h5,10H,3H2,1-2H3. The fourth-order valence-electron chi connectivity index (χ4n) is 1.37. The number of pyridine rings is 1. The van der Waals surface area contributed by atoms with Gasteiger partial charge in [-0.05, 0) is 19.4 Å². The van der Waals surface area contributed by atoms with Gasteiger partial charge in [0.2, 0.25) is 0 Å². The van der Waals surface area contributed by atoms with E-state index in [-0.39, 0.29) is 12.2 Å². The molecule has 0 aliphatic heterocycles. The van der Waals surface area contributed by atoms with Crippen LogP contribution >= 0.6 is 0 Å². The highest BCUT2D eigenvalue weighted by atomic mass is 19.3. The van der Waals surface area contributed by atoms with Gasteiger partial charge in [-0.15, -0.1) is 0 Å². The average molecular weight is 240 g/mol. The zero-order valence-electron chi connectivity index (χ0n) is 9.33. The molecule has 0 unspecified atom stereocenters. The van der Waals surface area contributed by atoms with E-state index in [1.54, 1.807) is 13.0 Å². The first-order valence-corrected chi connectivity index (χ1v) is 4.87. The Labute approximate surface area is 96.8 Å². The van der Waals surface area contributed by atoms with Gasteiger partial charge in [0.1, 0.15) is 11.8 Å². The highest BCUT2D eigenvalue weighted by molar-refractivity contribution is 5.94. The van der Waals surface area contributed by atoms with Crippen LogP contribution in [0, 0.1) is 18.3 Å². The lowest BCUT2D eigenvalue weighted by Crippen LogP contribution is -2.12. The molecule has 0 fully saturated rings. The van der Waals surface area contributed by atoms with Crippen molar-refractivity contribution >= 4 is 5.97 Å². The van der Waals surface area contributed by atoms with Crippen molar-refractivity contribution in [1.29, 1.82) is 5.26 Å². The first kappa shape index (κ1) is 13.0. The van der Waals surface area contributed by atoms with Gasteiger partial charge in [-0.1, -0.05) is 0 Å². The second-order valence-corrected chi connectivity index (χ2v) is 3.21. The second kappa shape index (κ2) is 5.34. The van der Waals surface area contributed by atoms with Crippen molar-refractivity contribution in [3.05, 3.63) is 28.6 Å². The van der Waals surface area contributed by atoms with Gasteiger partial charge in [0.05, 0.1) is 17.7 Å². The van der Waals surface area contributed by atoms with Gasteiger partial charge in [-0.2, -0.15) is 5.26 Å². The molecule has 1 heterocycles. The zero-order chi connectivity index (χ0) is 13.0. The molecular formula is C11H10F2N2O2. The lowest BCUT2D eigenvalue weighted by molar-refractivity contribution is 0.0524. The van der Waals surface area contributed by atoms with E-state index >= 15 is 0 Å². The maximum absolute atomic E-state index is 12.6. The van der Waals surface area contributed by atoms with Gasteiger partial charge in [-0.25, -0.2) is 13.6 Å². The first-order valence-electron chi connectivity index (χ1n) is 4.87. The number of nitrogens with zero attached hydrogens (tertiary/aromatic N) is 2. The Bertz CT molecular complexity index is 481. The van der Waals surface area contributed by atoms with Crippen LogP contribution in [0.25, 0.3) is 0 Å². The Balaban J connectivity index is 3.42. The Hall–Kier alpha value is -2.03. The molecule has 6 heteroatoms. The van der Waals surface area contributed by atoms with Crippen molar-refractivity contribution in [1.82, 2.24) is 4.98 Å². The number of esters is 1. The number of aryl methyl sites for hydroxylation is 1. The van der Waals surface area contributed by atoms with Crippen LogP contribution in [0.5, 0.6) is 0 Å². The minimum Gasteiger partial charge on any atom is -0.462 e. The van der Waals surface area contributed by atoms with E-state index in [1.807, 2.05) is 0 Å². The molecule has 0 bridgehead atoms. The number of aromatic nitrogens is 1. The first-order chi connectivity index (χ1) is 8.02. The molecule has 1 aromatic heterocycles.